The summed E-state index contributed by atoms with van der Waals surface area (Å²) in [7, 11) is 2.06. The molecule has 0 bridgehead atoms. The Morgan fingerprint density at radius 2 is 1.93 bits per heavy atom. The minimum absolute atomic E-state index is 0.305. The number of hydrogen-bond donors (Lipinski definition) is 1. The lowest BCUT2D eigenvalue weighted by Gasteiger charge is -2.19. The Balaban J connectivity index is 2.75. The predicted molar refractivity (Wildman–Crippen MR) is 67.8 cm³/mol. The van der Waals surface area contributed by atoms with Crippen LogP contribution >= 0.6 is 15.9 Å². The van der Waals surface area contributed by atoms with E-state index in [1.807, 2.05) is 13.8 Å². The number of fused-ring (bicyclic) bond motifs is 1. The van der Waals surface area contributed by atoms with Crippen LogP contribution in [0.3, 0.4) is 0 Å². The zero-order valence-electron chi connectivity index (χ0n) is 9.21. The van der Waals surface area contributed by atoms with Crippen molar-refractivity contribution in [3.63, 3.8) is 0 Å². The summed E-state index contributed by atoms with van der Waals surface area (Å²) in [6.45, 7) is 4.05. The summed E-state index contributed by atoms with van der Waals surface area (Å²) in [5.74, 6) is 0. The molecule has 1 aromatic carbocycles. The van der Waals surface area contributed by atoms with Crippen LogP contribution in [0.5, 0.6) is 0 Å². The molecule has 2 aromatic rings. The van der Waals surface area contributed by atoms with Crippen LogP contribution in [-0.4, -0.2) is 4.57 Å². The third kappa shape index (κ3) is 1.82. The van der Waals surface area contributed by atoms with Crippen molar-refractivity contribution in [3.05, 3.63) is 34.4 Å². The van der Waals surface area contributed by atoms with E-state index in [9.17, 15) is 0 Å². The predicted octanol–water partition coefficient (Wildman–Crippen LogP) is 3.13. The first-order valence-corrected chi connectivity index (χ1v) is 5.73. The Hall–Kier alpha value is -0.800. The van der Waals surface area contributed by atoms with Gasteiger partial charge in [0.05, 0.1) is 5.54 Å². The minimum Gasteiger partial charge on any atom is -0.346 e. The van der Waals surface area contributed by atoms with Crippen molar-refractivity contribution in [2.45, 2.75) is 19.4 Å². The van der Waals surface area contributed by atoms with Gasteiger partial charge in [-0.15, -0.1) is 0 Å². The van der Waals surface area contributed by atoms with Gasteiger partial charge in [-0.25, -0.2) is 0 Å². The number of nitrogens with zero attached hydrogens (tertiary/aromatic N) is 1. The van der Waals surface area contributed by atoms with Crippen LogP contribution in [0.1, 0.15) is 19.5 Å². The molecule has 2 nitrogen and oxygen atoms in total. The van der Waals surface area contributed by atoms with Gasteiger partial charge in [0.2, 0.25) is 0 Å². The Morgan fingerprint density at radius 3 is 2.53 bits per heavy atom. The molecule has 0 saturated carbocycles. The van der Waals surface area contributed by atoms with Crippen molar-refractivity contribution in [1.29, 1.82) is 0 Å². The summed E-state index contributed by atoms with van der Waals surface area (Å²) in [5.41, 5.74) is 8.18. The number of benzene rings is 1. The van der Waals surface area contributed by atoms with E-state index in [-0.39, 0.29) is 5.54 Å². The quantitative estimate of drug-likeness (QED) is 0.845. The molecule has 0 spiro atoms. The Kier molecular flexibility index (Phi) is 2.40. The molecular formula is C12H15BrN2. The van der Waals surface area contributed by atoms with Crippen LogP contribution in [0.2, 0.25) is 0 Å². The third-order valence-corrected chi connectivity index (χ3v) is 3.16. The molecule has 1 aromatic heterocycles. The lowest BCUT2D eigenvalue weighted by atomic mass is 10.0. The van der Waals surface area contributed by atoms with E-state index in [1.165, 1.54) is 10.9 Å². The van der Waals surface area contributed by atoms with Crippen LogP contribution in [-0.2, 0) is 12.6 Å². The molecule has 0 saturated heterocycles. The highest BCUT2D eigenvalue weighted by atomic mass is 79.9. The first-order valence-electron chi connectivity index (χ1n) is 4.94. The molecule has 0 radical (unpaired) electrons. The fourth-order valence-electron chi connectivity index (χ4n) is 1.94. The van der Waals surface area contributed by atoms with E-state index in [2.05, 4.69) is 51.8 Å². The molecule has 0 atom stereocenters. The lowest BCUT2D eigenvalue weighted by molar-refractivity contribution is 0.516. The highest BCUT2D eigenvalue weighted by Gasteiger charge is 2.19. The number of nitrogens with two attached hydrogens (primary N) is 1. The van der Waals surface area contributed by atoms with Crippen molar-refractivity contribution in [1.82, 2.24) is 4.57 Å². The van der Waals surface area contributed by atoms with Gasteiger partial charge in [0.25, 0.3) is 0 Å². The monoisotopic (exact) mass is 266 g/mol. The van der Waals surface area contributed by atoms with Crippen LogP contribution in [0, 0.1) is 0 Å². The van der Waals surface area contributed by atoms with Crippen molar-refractivity contribution in [3.8, 4) is 0 Å². The summed E-state index contributed by atoms with van der Waals surface area (Å²) in [5, 5.41) is 1.22. The van der Waals surface area contributed by atoms with Crippen LogP contribution in [0.15, 0.2) is 28.7 Å². The SMILES string of the molecule is Cn1c(C(C)(C)N)cc2cc(Br)ccc21. The molecular weight excluding hydrogens is 252 g/mol. The zero-order chi connectivity index (χ0) is 11.2. The first kappa shape index (κ1) is 10.7. The van der Waals surface area contributed by atoms with E-state index < -0.39 is 0 Å². The van der Waals surface area contributed by atoms with Gasteiger partial charge in [0.1, 0.15) is 0 Å². The molecule has 80 valence electrons. The maximum atomic E-state index is 6.13. The number of aryl methyl sites for hydroxylation is 1. The standard InChI is InChI=1S/C12H15BrN2/c1-12(2,14)11-7-8-6-9(13)4-5-10(8)15(11)3/h4-7H,14H2,1-3H3. The van der Waals surface area contributed by atoms with Gasteiger partial charge in [-0.2, -0.15) is 0 Å². The fourth-order valence-corrected chi connectivity index (χ4v) is 2.32. The lowest BCUT2D eigenvalue weighted by Crippen LogP contribution is -2.30. The second-order valence-electron chi connectivity index (χ2n) is 4.51. The van der Waals surface area contributed by atoms with E-state index in [0.29, 0.717) is 0 Å². The molecule has 3 heteroatoms. The summed E-state index contributed by atoms with van der Waals surface area (Å²) >= 11 is 3.48. The van der Waals surface area contributed by atoms with Gasteiger partial charge >= 0.3 is 0 Å². The van der Waals surface area contributed by atoms with E-state index in [1.54, 1.807) is 0 Å². The number of rotatable bonds is 1. The van der Waals surface area contributed by atoms with Crippen molar-refractivity contribution in [2.75, 3.05) is 0 Å². The Morgan fingerprint density at radius 1 is 1.27 bits per heavy atom. The van der Waals surface area contributed by atoms with E-state index in [0.717, 1.165) is 10.2 Å². The third-order valence-electron chi connectivity index (χ3n) is 2.66. The molecule has 0 aliphatic rings. The molecule has 0 fully saturated rings. The van der Waals surface area contributed by atoms with Gasteiger partial charge in [-0.1, -0.05) is 15.9 Å². The summed E-state index contributed by atoms with van der Waals surface area (Å²) in [6.07, 6.45) is 0. The minimum atomic E-state index is -0.305. The fraction of sp³-hybridized carbons (Fsp3) is 0.333. The van der Waals surface area contributed by atoms with Gasteiger partial charge in [0, 0.05) is 28.1 Å². The molecule has 0 amide bonds. The molecule has 2 N–H and O–H groups in total. The largest absolute Gasteiger partial charge is 0.346 e. The molecule has 15 heavy (non-hydrogen) atoms. The van der Waals surface area contributed by atoms with Crippen molar-refractivity contribution in [2.24, 2.45) is 12.8 Å². The average molecular weight is 267 g/mol. The molecule has 2 rings (SSSR count). The average Bonchev–Trinajstić information content (AvgIpc) is 2.42. The molecule has 0 unspecified atom stereocenters. The Labute approximate surface area is 98.2 Å². The number of halogens is 1. The van der Waals surface area contributed by atoms with Gasteiger partial charge in [-0.3, -0.25) is 0 Å². The summed E-state index contributed by atoms with van der Waals surface area (Å²) < 4.78 is 3.25. The number of aromatic nitrogens is 1. The number of hydrogen-bond acceptors (Lipinski definition) is 1. The summed E-state index contributed by atoms with van der Waals surface area (Å²) in [6, 6.07) is 8.43. The highest BCUT2D eigenvalue weighted by Crippen LogP contribution is 2.27. The second-order valence-corrected chi connectivity index (χ2v) is 5.43. The molecule has 0 aliphatic heterocycles. The van der Waals surface area contributed by atoms with Gasteiger partial charge < -0.3 is 10.3 Å². The zero-order valence-corrected chi connectivity index (χ0v) is 10.8. The topological polar surface area (TPSA) is 30.9 Å². The summed E-state index contributed by atoms with van der Waals surface area (Å²) in [4.78, 5) is 0. The maximum absolute atomic E-state index is 6.13. The normalized spacial score (nSPS) is 12.3. The highest BCUT2D eigenvalue weighted by molar-refractivity contribution is 9.10. The van der Waals surface area contributed by atoms with Gasteiger partial charge in [0.15, 0.2) is 0 Å². The van der Waals surface area contributed by atoms with Crippen molar-refractivity contribution < 1.29 is 0 Å². The molecule has 0 aliphatic carbocycles. The maximum Gasteiger partial charge on any atom is 0.0506 e. The van der Waals surface area contributed by atoms with E-state index in [4.69, 9.17) is 5.73 Å². The van der Waals surface area contributed by atoms with Gasteiger partial charge in [-0.05, 0) is 38.1 Å². The smallest absolute Gasteiger partial charge is 0.0506 e. The van der Waals surface area contributed by atoms with E-state index >= 15 is 0 Å². The van der Waals surface area contributed by atoms with Crippen LogP contribution < -0.4 is 5.73 Å². The second kappa shape index (κ2) is 3.35. The van der Waals surface area contributed by atoms with Crippen LogP contribution in [0.4, 0.5) is 0 Å². The molecule has 1 heterocycles. The first-order chi connectivity index (χ1) is 6.89. The Bertz CT molecular complexity index is 506. The van der Waals surface area contributed by atoms with Crippen molar-refractivity contribution >= 4 is 26.8 Å². The van der Waals surface area contributed by atoms with Crippen LogP contribution in [0.25, 0.3) is 10.9 Å².